The number of rotatable bonds is 11. The van der Waals surface area contributed by atoms with Crippen molar-refractivity contribution in [3.8, 4) is 5.69 Å². The number of amides is 1. The molecule has 0 radical (unpaired) electrons. The Hall–Kier alpha value is -4.03. The first-order valence-electron chi connectivity index (χ1n) is 13.2. The molecule has 1 aliphatic rings. The van der Waals surface area contributed by atoms with E-state index < -0.39 is 12.4 Å². The summed E-state index contributed by atoms with van der Waals surface area (Å²) in [5.74, 6) is 0.618. The Morgan fingerprint density at radius 1 is 1.05 bits per heavy atom. The van der Waals surface area contributed by atoms with E-state index in [1.54, 1.807) is 4.68 Å². The van der Waals surface area contributed by atoms with Crippen molar-refractivity contribution in [2.24, 2.45) is 0 Å². The highest BCUT2D eigenvalue weighted by atomic mass is 32.2. The highest BCUT2D eigenvalue weighted by Gasteiger charge is 2.32. The average Bonchev–Trinajstić information content (AvgIpc) is 3.51. The molecule has 1 fully saturated rings. The van der Waals surface area contributed by atoms with Crippen LogP contribution in [0.2, 0.25) is 0 Å². The Bertz CT molecular complexity index is 1420. The number of alkyl carbamates (subject to hydrolysis) is 1. The summed E-state index contributed by atoms with van der Waals surface area (Å²) in [5.41, 5.74) is 4.52. The summed E-state index contributed by atoms with van der Waals surface area (Å²) in [5, 5.41) is 25.1. The molecular weight excluding hydrogens is 542 g/mol. The summed E-state index contributed by atoms with van der Waals surface area (Å²) < 4.78 is 19.5. The van der Waals surface area contributed by atoms with Crippen molar-refractivity contribution in [3.63, 3.8) is 0 Å². The van der Waals surface area contributed by atoms with Gasteiger partial charge in [0.25, 0.3) is 0 Å². The zero-order valence-electron chi connectivity index (χ0n) is 22.3. The van der Waals surface area contributed by atoms with Crippen molar-refractivity contribution >= 4 is 17.9 Å². The van der Waals surface area contributed by atoms with Gasteiger partial charge in [0, 0.05) is 24.3 Å². The molecule has 212 valence electrons. The van der Waals surface area contributed by atoms with E-state index in [1.807, 2.05) is 78.9 Å². The second-order valence-electron chi connectivity index (χ2n) is 9.35. The van der Waals surface area contributed by atoms with Gasteiger partial charge in [0.05, 0.1) is 24.5 Å². The quantitative estimate of drug-likeness (QED) is 0.191. The van der Waals surface area contributed by atoms with Crippen molar-refractivity contribution in [3.05, 3.63) is 114 Å². The van der Waals surface area contributed by atoms with Gasteiger partial charge in [0.2, 0.25) is 5.16 Å². The molecule has 41 heavy (non-hydrogen) atoms. The zero-order valence-corrected chi connectivity index (χ0v) is 23.2. The molecule has 1 amide bonds. The van der Waals surface area contributed by atoms with Crippen LogP contribution in [0.25, 0.3) is 5.69 Å². The number of hydrogen-bond acceptors (Lipinski definition) is 9. The van der Waals surface area contributed by atoms with Gasteiger partial charge in [-0.2, -0.15) is 4.68 Å². The van der Waals surface area contributed by atoms with Gasteiger partial charge in [-0.25, -0.2) is 4.79 Å². The SMILES string of the molecule is C=CCOC(=O)NCc1ccc([C@@H]2O[C@H](CSc3nnnn3-c3ccccc3)C[C@H](c3ccc(CO)cc3)O2)cc1. The molecule has 1 aliphatic heterocycles. The van der Waals surface area contributed by atoms with E-state index in [0.29, 0.717) is 23.9 Å². The molecule has 11 heteroatoms. The number of carbonyl (C=O) groups is 1. The number of aliphatic hydroxyl groups is 1. The predicted molar refractivity (Wildman–Crippen MR) is 153 cm³/mol. The second kappa shape index (κ2) is 14.0. The summed E-state index contributed by atoms with van der Waals surface area (Å²) >= 11 is 1.53. The number of aromatic nitrogens is 4. The van der Waals surface area contributed by atoms with Crippen LogP contribution in [-0.2, 0) is 27.4 Å². The number of para-hydroxylation sites is 1. The third kappa shape index (κ3) is 7.59. The molecule has 1 saturated heterocycles. The molecule has 4 aromatic rings. The van der Waals surface area contributed by atoms with Crippen molar-refractivity contribution in [1.29, 1.82) is 0 Å². The van der Waals surface area contributed by atoms with Crippen molar-refractivity contribution in [2.75, 3.05) is 12.4 Å². The molecule has 3 aromatic carbocycles. The molecule has 2 N–H and O–H groups in total. The van der Waals surface area contributed by atoms with Crippen LogP contribution in [0, 0.1) is 0 Å². The molecule has 0 bridgehead atoms. The summed E-state index contributed by atoms with van der Waals surface area (Å²) in [7, 11) is 0. The van der Waals surface area contributed by atoms with Gasteiger partial charge >= 0.3 is 6.09 Å². The summed E-state index contributed by atoms with van der Waals surface area (Å²) in [6.07, 6.45) is 0.706. The van der Waals surface area contributed by atoms with Gasteiger partial charge in [-0.1, -0.05) is 91.1 Å². The molecular formula is C30H31N5O5S. The van der Waals surface area contributed by atoms with E-state index >= 15 is 0 Å². The summed E-state index contributed by atoms with van der Waals surface area (Å²) in [6, 6.07) is 25.3. The molecule has 3 atom stereocenters. The molecule has 0 unspecified atom stereocenters. The van der Waals surface area contributed by atoms with Gasteiger partial charge in [-0.15, -0.1) is 5.10 Å². The maximum Gasteiger partial charge on any atom is 0.407 e. The predicted octanol–water partition coefficient (Wildman–Crippen LogP) is 4.90. The third-order valence-corrected chi connectivity index (χ3v) is 7.53. The molecule has 2 heterocycles. The van der Waals surface area contributed by atoms with Crippen LogP contribution in [0.15, 0.2) is 96.7 Å². The maximum atomic E-state index is 11.7. The van der Waals surface area contributed by atoms with Crippen LogP contribution in [0.4, 0.5) is 4.79 Å². The summed E-state index contributed by atoms with van der Waals surface area (Å²) in [6.45, 7) is 4.01. The van der Waals surface area contributed by atoms with Crippen LogP contribution >= 0.6 is 11.8 Å². The van der Waals surface area contributed by atoms with Gasteiger partial charge in [-0.3, -0.25) is 0 Å². The third-order valence-electron chi connectivity index (χ3n) is 6.48. The molecule has 0 saturated carbocycles. The number of hydrogen-bond donors (Lipinski definition) is 2. The minimum Gasteiger partial charge on any atom is -0.445 e. The van der Waals surface area contributed by atoms with Crippen LogP contribution in [0.3, 0.4) is 0 Å². The van der Waals surface area contributed by atoms with Gasteiger partial charge in [-0.05, 0) is 39.2 Å². The largest absolute Gasteiger partial charge is 0.445 e. The molecule has 1 aromatic heterocycles. The lowest BCUT2D eigenvalue weighted by atomic mass is 10.0. The first-order chi connectivity index (χ1) is 20.1. The van der Waals surface area contributed by atoms with Crippen molar-refractivity contribution in [1.82, 2.24) is 25.5 Å². The Kier molecular flexibility index (Phi) is 9.76. The number of benzene rings is 3. The van der Waals surface area contributed by atoms with E-state index in [4.69, 9.17) is 14.2 Å². The van der Waals surface area contributed by atoms with E-state index in [2.05, 4.69) is 27.4 Å². The Labute approximate surface area is 242 Å². The lowest BCUT2D eigenvalue weighted by molar-refractivity contribution is -0.245. The number of tetrazole rings is 1. The van der Waals surface area contributed by atoms with Gasteiger partial charge in [0.1, 0.15) is 6.61 Å². The van der Waals surface area contributed by atoms with Crippen LogP contribution in [-0.4, -0.2) is 49.9 Å². The lowest BCUT2D eigenvalue weighted by Gasteiger charge is -2.36. The minimum atomic E-state index is -0.596. The van der Waals surface area contributed by atoms with Crippen LogP contribution in [0.1, 0.15) is 41.1 Å². The topological polar surface area (TPSA) is 121 Å². The first-order valence-corrected chi connectivity index (χ1v) is 14.2. The second-order valence-corrected chi connectivity index (χ2v) is 10.3. The summed E-state index contributed by atoms with van der Waals surface area (Å²) in [4.78, 5) is 11.7. The standard InChI is InChI=1S/C30H31N5O5S/c1-2-16-38-30(37)31-18-21-8-14-24(15-9-21)28-39-26(17-27(40-28)23-12-10-22(19-36)11-13-23)20-41-29-32-33-34-35(29)25-6-4-3-5-7-25/h2-15,26-28,36H,1,16-20H2,(H,31,37)/t26-,27+,28+/m0/s1. The molecule has 10 nitrogen and oxygen atoms in total. The normalized spacial score (nSPS) is 18.5. The van der Waals surface area contributed by atoms with Crippen LogP contribution < -0.4 is 5.32 Å². The Balaban J connectivity index is 1.29. The highest BCUT2D eigenvalue weighted by Crippen LogP contribution is 2.39. The first kappa shape index (κ1) is 28.5. The molecule has 5 rings (SSSR count). The Morgan fingerprint density at radius 3 is 2.51 bits per heavy atom. The van der Waals surface area contributed by atoms with Crippen molar-refractivity contribution in [2.45, 2.75) is 43.2 Å². The maximum absolute atomic E-state index is 11.7. The number of ether oxygens (including phenoxy) is 3. The van der Waals surface area contributed by atoms with E-state index in [9.17, 15) is 9.90 Å². The Morgan fingerprint density at radius 2 is 1.78 bits per heavy atom. The molecule has 0 aliphatic carbocycles. The smallest absolute Gasteiger partial charge is 0.407 e. The lowest BCUT2D eigenvalue weighted by Crippen LogP contribution is -2.31. The number of carbonyl (C=O) groups excluding carboxylic acids is 1. The fourth-order valence-electron chi connectivity index (χ4n) is 4.34. The van der Waals surface area contributed by atoms with E-state index in [-0.39, 0.29) is 25.4 Å². The number of nitrogens with zero attached hydrogens (tertiary/aromatic N) is 4. The van der Waals surface area contributed by atoms with Crippen molar-refractivity contribution < 1.29 is 24.1 Å². The number of thioether (sulfide) groups is 1. The highest BCUT2D eigenvalue weighted by molar-refractivity contribution is 7.99. The minimum absolute atomic E-state index is 0.0138. The number of aliphatic hydroxyl groups excluding tert-OH is 1. The molecule has 0 spiro atoms. The van der Waals surface area contributed by atoms with E-state index in [0.717, 1.165) is 27.9 Å². The van der Waals surface area contributed by atoms with Gasteiger partial charge < -0.3 is 24.6 Å². The fourth-order valence-corrected chi connectivity index (χ4v) is 5.25. The number of nitrogens with one attached hydrogen (secondary N) is 1. The van der Waals surface area contributed by atoms with Gasteiger partial charge in [0.15, 0.2) is 6.29 Å². The van der Waals surface area contributed by atoms with E-state index in [1.165, 1.54) is 17.8 Å². The monoisotopic (exact) mass is 573 g/mol. The van der Waals surface area contributed by atoms with Crippen LogP contribution in [0.5, 0.6) is 0 Å². The zero-order chi connectivity index (χ0) is 28.4. The average molecular weight is 574 g/mol. The fraction of sp³-hybridized carbons (Fsp3) is 0.267.